The number of esters is 1. The van der Waals surface area contributed by atoms with Crippen LogP contribution in [0.25, 0.3) is 0 Å². The normalized spacial score (nSPS) is 11.9. The van der Waals surface area contributed by atoms with Crippen LogP contribution in [0, 0.1) is 0 Å². The standard InChI is InChI=1S/C13H23N3O4S/c1-4-5-6-7-8-20-13(17)11-12(21(14,18)19)10(9(2)3)15-16-11/h9H,4-8H2,1-3H3,(H,15,16)(H2,14,18,19). The van der Waals surface area contributed by atoms with Gasteiger partial charge in [0.1, 0.15) is 4.90 Å². The van der Waals surface area contributed by atoms with Gasteiger partial charge in [0.05, 0.1) is 12.3 Å². The molecule has 0 amide bonds. The largest absolute Gasteiger partial charge is 0.461 e. The second kappa shape index (κ2) is 7.56. The van der Waals surface area contributed by atoms with Crippen LogP contribution in [-0.2, 0) is 14.8 Å². The number of ether oxygens (including phenoxy) is 1. The quantitative estimate of drug-likeness (QED) is 0.561. The van der Waals surface area contributed by atoms with Crippen LogP contribution in [0.1, 0.15) is 68.6 Å². The minimum Gasteiger partial charge on any atom is -0.461 e. The van der Waals surface area contributed by atoms with Crippen molar-refractivity contribution in [2.75, 3.05) is 6.61 Å². The van der Waals surface area contributed by atoms with Gasteiger partial charge in [-0.1, -0.05) is 40.0 Å². The topological polar surface area (TPSA) is 115 Å². The molecule has 0 unspecified atom stereocenters. The second-order valence-electron chi connectivity index (χ2n) is 5.21. The van der Waals surface area contributed by atoms with E-state index in [9.17, 15) is 13.2 Å². The molecule has 0 bridgehead atoms. The lowest BCUT2D eigenvalue weighted by Gasteiger charge is -2.06. The predicted molar refractivity (Wildman–Crippen MR) is 78.5 cm³/mol. The van der Waals surface area contributed by atoms with Crippen molar-refractivity contribution in [1.29, 1.82) is 0 Å². The molecule has 1 aromatic heterocycles. The van der Waals surface area contributed by atoms with Gasteiger partial charge in [0.15, 0.2) is 5.69 Å². The van der Waals surface area contributed by atoms with Gasteiger partial charge in [-0.05, 0) is 12.3 Å². The zero-order valence-corrected chi connectivity index (χ0v) is 13.5. The third kappa shape index (κ3) is 4.82. The first kappa shape index (κ1) is 17.6. The molecule has 1 rings (SSSR count). The van der Waals surface area contributed by atoms with Crippen molar-refractivity contribution in [3.8, 4) is 0 Å². The fourth-order valence-electron chi connectivity index (χ4n) is 1.92. The lowest BCUT2D eigenvalue weighted by atomic mass is 10.1. The van der Waals surface area contributed by atoms with E-state index in [4.69, 9.17) is 9.88 Å². The summed E-state index contributed by atoms with van der Waals surface area (Å²) in [4.78, 5) is 11.7. The van der Waals surface area contributed by atoms with Crippen LogP contribution < -0.4 is 5.14 Å². The van der Waals surface area contributed by atoms with Crippen molar-refractivity contribution in [1.82, 2.24) is 10.2 Å². The van der Waals surface area contributed by atoms with Crippen LogP contribution >= 0.6 is 0 Å². The van der Waals surface area contributed by atoms with Crippen LogP contribution in [-0.4, -0.2) is 31.2 Å². The summed E-state index contributed by atoms with van der Waals surface area (Å²) in [6, 6.07) is 0. The van der Waals surface area contributed by atoms with Gasteiger partial charge < -0.3 is 4.74 Å². The van der Waals surface area contributed by atoms with E-state index in [1.807, 2.05) is 0 Å². The van der Waals surface area contributed by atoms with Crippen molar-refractivity contribution in [2.24, 2.45) is 5.14 Å². The van der Waals surface area contributed by atoms with Crippen LogP contribution in [0.4, 0.5) is 0 Å². The molecular weight excluding hydrogens is 294 g/mol. The third-order valence-electron chi connectivity index (χ3n) is 3.03. The number of H-pyrrole nitrogens is 1. The maximum absolute atomic E-state index is 12.0. The Bertz CT molecular complexity index is 578. The Balaban J connectivity index is 2.85. The van der Waals surface area contributed by atoms with Crippen LogP contribution in [0.3, 0.4) is 0 Å². The van der Waals surface area contributed by atoms with E-state index in [2.05, 4.69) is 17.1 Å². The molecule has 0 radical (unpaired) electrons. The molecule has 0 fully saturated rings. The summed E-state index contributed by atoms with van der Waals surface area (Å²) in [5.74, 6) is -0.921. The van der Waals surface area contributed by atoms with Gasteiger partial charge in [-0.2, -0.15) is 5.10 Å². The van der Waals surface area contributed by atoms with Gasteiger partial charge in [0.25, 0.3) is 0 Å². The lowest BCUT2D eigenvalue weighted by molar-refractivity contribution is 0.0486. The summed E-state index contributed by atoms with van der Waals surface area (Å²) < 4.78 is 28.4. The van der Waals surface area contributed by atoms with E-state index in [0.717, 1.165) is 25.7 Å². The van der Waals surface area contributed by atoms with Crippen molar-refractivity contribution >= 4 is 16.0 Å². The number of rotatable bonds is 8. The lowest BCUT2D eigenvalue weighted by Crippen LogP contribution is -2.19. The van der Waals surface area contributed by atoms with E-state index in [1.165, 1.54) is 0 Å². The van der Waals surface area contributed by atoms with E-state index >= 15 is 0 Å². The van der Waals surface area contributed by atoms with Gasteiger partial charge in [0.2, 0.25) is 10.0 Å². The fraction of sp³-hybridized carbons (Fsp3) is 0.692. The summed E-state index contributed by atoms with van der Waals surface area (Å²) in [6.07, 6.45) is 3.86. The number of aromatic nitrogens is 2. The number of hydrogen-bond donors (Lipinski definition) is 2. The molecule has 7 nitrogen and oxygen atoms in total. The number of primary sulfonamides is 1. The molecule has 0 saturated heterocycles. The maximum atomic E-state index is 12.0. The van der Waals surface area contributed by atoms with E-state index in [-0.39, 0.29) is 23.1 Å². The van der Waals surface area contributed by atoms with Gasteiger partial charge in [0, 0.05) is 0 Å². The van der Waals surface area contributed by atoms with Crippen molar-refractivity contribution < 1.29 is 17.9 Å². The molecule has 1 aromatic rings. The second-order valence-corrected chi connectivity index (χ2v) is 6.71. The Morgan fingerprint density at radius 1 is 1.33 bits per heavy atom. The average Bonchev–Trinajstić information content (AvgIpc) is 2.83. The number of nitrogens with two attached hydrogens (primary N) is 1. The molecule has 0 aliphatic rings. The first-order chi connectivity index (χ1) is 9.79. The van der Waals surface area contributed by atoms with Crippen LogP contribution in [0.5, 0.6) is 0 Å². The fourth-order valence-corrected chi connectivity index (χ4v) is 2.91. The highest BCUT2D eigenvalue weighted by molar-refractivity contribution is 7.89. The highest BCUT2D eigenvalue weighted by Crippen LogP contribution is 2.24. The number of nitrogens with zero attached hydrogens (tertiary/aromatic N) is 1. The minimum absolute atomic E-state index is 0.156. The summed E-state index contributed by atoms with van der Waals surface area (Å²) in [7, 11) is -4.04. The molecule has 0 aliphatic heterocycles. The van der Waals surface area contributed by atoms with E-state index in [1.54, 1.807) is 13.8 Å². The molecule has 0 saturated carbocycles. The Hall–Kier alpha value is -1.41. The molecule has 0 spiro atoms. The van der Waals surface area contributed by atoms with Gasteiger partial charge in [-0.15, -0.1) is 0 Å². The molecule has 1 heterocycles. The number of unbranched alkanes of at least 4 members (excludes halogenated alkanes) is 3. The Morgan fingerprint density at radius 2 is 2.00 bits per heavy atom. The molecule has 120 valence electrons. The Morgan fingerprint density at radius 3 is 2.52 bits per heavy atom. The minimum atomic E-state index is -4.04. The molecule has 21 heavy (non-hydrogen) atoms. The Labute approximate surface area is 125 Å². The smallest absolute Gasteiger partial charge is 0.360 e. The van der Waals surface area contributed by atoms with Crippen molar-refractivity contribution in [3.05, 3.63) is 11.4 Å². The molecule has 0 atom stereocenters. The molecule has 8 heteroatoms. The number of carbonyl (C=O) groups excluding carboxylic acids is 1. The summed E-state index contributed by atoms with van der Waals surface area (Å²) in [5, 5.41) is 11.5. The molecular formula is C13H23N3O4S. The predicted octanol–water partition coefficient (Wildman–Crippen LogP) is 1.92. The highest BCUT2D eigenvalue weighted by atomic mass is 32.2. The number of aromatic amines is 1. The highest BCUT2D eigenvalue weighted by Gasteiger charge is 2.29. The summed E-state index contributed by atoms with van der Waals surface area (Å²) in [5.41, 5.74) is 0.0483. The first-order valence-corrected chi connectivity index (χ1v) is 8.61. The third-order valence-corrected chi connectivity index (χ3v) is 4.02. The zero-order chi connectivity index (χ0) is 16.0. The van der Waals surface area contributed by atoms with Crippen LogP contribution in [0.15, 0.2) is 4.90 Å². The van der Waals surface area contributed by atoms with Gasteiger partial charge in [-0.3, -0.25) is 5.10 Å². The monoisotopic (exact) mass is 317 g/mol. The summed E-state index contributed by atoms with van der Waals surface area (Å²) in [6.45, 7) is 5.89. The number of nitrogens with one attached hydrogen (secondary N) is 1. The van der Waals surface area contributed by atoms with E-state index in [0.29, 0.717) is 5.69 Å². The van der Waals surface area contributed by atoms with Crippen molar-refractivity contribution in [3.63, 3.8) is 0 Å². The van der Waals surface area contributed by atoms with E-state index < -0.39 is 16.0 Å². The van der Waals surface area contributed by atoms with Crippen molar-refractivity contribution in [2.45, 2.75) is 57.3 Å². The van der Waals surface area contributed by atoms with Gasteiger partial charge >= 0.3 is 5.97 Å². The summed E-state index contributed by atoms with van der Waals surface area (Å²) >= 11 is 0. The molecule has 0 aromatic carbocycles. The van der Waals surface area contributed by atoms with Crippen LogP contribution in [0.2, 0.25) is 0 Å². The zero-order valence-electron chi connectivity index (χ0n) is 12.7. The molecule has 3 N–H and O–H groups in total. The van der Waals surface area contributed by atoms with Gasteiger partial charge in [-0.25, -0.2) is 18.4 Å². The molecule has 0 aliphatic carbocycles. The number of carbonyl (C=O) groups is 1. The number of sulfonamides is 1. The number of hydrogen-bond acceptors (Lipinski definition) is 5. The SMILES string of the molecule is CCCCCCOC(=O)c1n[nH]c(C(C)C)c1S(N)(=O)=O. The maximum Gasteiger partial charge on any atom is 0.360 e. The Kier molecular flexibility index (Phi) is 6.35. The first-order valence-electron chi connectivity index (χ1n) is 7.07. The average molecular weight is 317 g/mol.